The third kappa shape index (κ3) is 3.73. The molecule has 1 aliphatic rings. The second kappa shape index (κ2) is 7.12. The lowest BCUT2D eigenvalue weighted by atomic mass is 9.95. The molecular weight excluding hydrogens is 148 g/mol. The molecule has 0 aromatic rings. The average molecular weight is 168 g/mol. The van der Waals surface area contributed by atoms with Gasteiger partial charge in [0, 0.05) is 0 Å². The van der Waals surface area contributed by atoms with E-state index in [1.165, 1.54) is 38.9 Å². The number of quaternary nitrogens is 1. The van der Waals surface area contributed by atoms with Crippen LogP contribution in [-0.2, 0) is 0 Å². The number of likely N-dealkylation sites (tertiary alicyclic amines) is 1. The van der Waals surface area contributed by atoms with Gasteiger partial charge >= 0.3 is 0 Å². The van der Waals surface area contributed by atoms with Gasteiger partial charge in [-0.05, 0) is 25.7 Å². The van der Waals surface area contributed by atoms with Gasteiger partial charge in [0.25, 0.3) is 0 Å². The smallest absolute Gasteiger partial charge is 0.0773 e. The molecule has 0 aromatic heterocycles. The summed E-state index contributed by atoms with van der Waals surface area (Å²) in [5.74, 6) is 1.05. The lowest BCUT2D eigenvalue weighted by Crippen LogP contribution is -3.12. The number of nitrogens with one attached hydrogen (secondary N) is 1. The van der Waals surface area contributed by atoms with E-state index < -0.39 is 0 Å². The first kappa shape index (κ1) is 11.4. The topological polar surface area (TPSA) is 28.2 Å². The zero-order chi connectivity index (χ0) is 9.40. The fourth-order valence-electron chi connectivity index (χ4n) is 1.85. The molecular formula is C10H20N2. The van der Waals surface area contributed by atoms with Crippen molar-refractivity contribution in [2.24, 2.45) is 5.92 Å². The fraction of sp³-hybridized carbons (Fsp3) is 0.900. The molecule has 1 fully saturated rings. The maximum absolute atomic E-state index is 6.25. The number of hydrogen-bond acceptors (Lipinski definition) is 1. The summed E-state index contributed by atoms with van der Waals surface area (Å²) in [6.07, 6.45) is 4.34. The lowest BCUT2D eigenvalue weighted by Gasteiger charge is -2.27. The number of piperidine rings is 1. The Labute approximate surface area is 76.2 Å². The van der Waals surface area contributed by atoms with E-state index in [0.717, 1.165) is 5.92 Å². The third-order valence-electron chi connectivity index (χ3n) is 2.89. The Balaban J connectivity index is 0.000000561. The fourth-order valence-corrected chi connectivity index (χ4v) is 1.85. The van der Waals surface area contributed by atoms with Gasteiger partial charge in [0.2, 0.25) is 0 Å². The first-order valence-corrected chi connectivity index (χ1v) is 4.92. The van der Waals surface area contributed by atoms with E-state index in [9.17, 15) is 0 Å². The summed E-state index contributed by atoms with van der Waals surface area (Å²) in [7, 11) is 0. The number of hydrogen-bond donors (Lipinski definition) is 1. The molecule has 1 heterocycles. The average Bonchev–Trinajstić information content (AvgIpc) is 2.21. The van der Waals surface area contributed by atoms with Crippen LogP contribution in [0.4, 0.5) is 0 Å². The van der Waals surface area contributed by atoms with Crippen molar-refractivity contribution in [2.75, 3.05) is 19.6 Å². The summed E-state index contributed by atoms with van der Waals surface area (Å²) in [5, 5.41) is 6.25. The molecule has 2 heteroatoms. The Morgan fingerprint density at radius 3 is 2.08 bits per heavy atom. The molecule has 70 valence electrons. The number of nitrogens with zero attached hydrogens (tertiary/aromatic N) is 1. The molecule has 0 aliphatic carbocycles. The van der Waals surface area contributed by atoms with E-state index in [1.807, 2.05) is 4.90 Å². The van der Waals surface area contributed by atoms with E-state index in [2.05, 4.69) is 13.8 Å². The zero-order valence-electron chi connectivity index (χ0n) is 8.27. The van der Waals surface area contributed by atoms with Gasteiger partial charge in [-0.3, -0.25) is 0 Å². The van der Waals surface area contributed by atoms with Crippen LogP contribution in [0.25, 0.3) is 0 Å². The largest absolute Gasteiger partial charge is 0.512 e. The molecule has 0 atom stereocenters. The molecule has 0 spiro atoms. The van der Waals surface area contributed by atoms with Gasteiger partial charge < -0.3 is 16.7 Å². The van der Waals surface area contributed by atoms with Crippen LogP contribution in [0.5, 0.6) is 0 Å². The Morgan fingerprint density at radius 2 is 1.75 bits per heavy atom. The highest BCUT2D eigenvalue weighted by molar-refractivity contribution is 4.59. The molecule has 0 amide bonds. The van der Waals surface area contributed by atoms with Crippen molar-refractivity contribution in [1.82, 2.24) is 0 Å². The van der Waals surface area contributed by atoms with Gasteiger partial charge in [0.1, 0.15) is 0 Å². The molecule has 0 radical (unpaired) electrons. The molecule has 12 heavy (non-hydrogen) atoms. The van der Waals surface area contributed by atoms with Crippen LogP contribution in [0, 0.1) is 17.8 Å². The lowest BCUT2D eigenvalue weighted by molar-refractivity contribution is -0.904. The summed E-state index contributed by atoms with van der Waals surface area (Å²) in [5.41, 5.74) is 0. The summed E-state index contributed by atoms with van der Waals surface area (Å²) in [6, 6.07) is 0. The normalized spacial score (nSPS) is 28.7. The second-order valence-electron chi connectivity index (χ2n) is 3.46. The Kier molecular flexibility index (Phi) is 6.79. The molecule has 1 rings (SSSR count). The van der Waals surface area contributed by atoms with Crippen molar-refractivity contribution in [3.05, 3.63) is 6.57 Å². The van der Waals surface area contributed by atoms with Crippen molar-refractivity contribution in [3.63, 3.8) is 0 Å². The molecule has 1 saturated heterocycles. The molecule has 0 bridgehead atoms. The molecule has 0 unspecified atom stereocenters. The minimum atomic E-state index is 1.05. The Bertz CT molecular complexity index is 100. The highest BCUT2D eigenvalue weighted by atomic mass is 15.1. The molecule has 0 saturated carbocycles. The Hall–Kier alpha value is -0.550. The highest BCUT2D eigenvalue weighted by Gasteiger charge is 2.18. The van der Waals surface area contributed by atoms with Gasteiger partial charge in [0.15, 0.2) is 0 Å². The number of rotatable bonds is 2. The minimum absolute atomic E-state index is 1.05. The van der Waals surface area contributed by atoms with Crippen molar-refractivity contribution < 1.29 is 4.90 Å². The maximum atomic E-state index is 6.25. The van der Waals surface area contributed by atoms with Crippen LogP contribution in [0.2, 0.25) is 0 Å². The monoisotopic (exact) mass is 168 g/mol. The second-order valence-corrected chi connectivity index (χ2v) is 3.46. The van der Waals surface area contributed by atoms with Crippen molar-refractivity contribution in [3.8, 4) is 0 Å². The third-order valence-corrected chi connectivity index (χ3v) is 2.89. The van der Waals surface area contributed by atoms with E-state index in [0.29, 0.717) is 0 Å². The molecule has 1 N–H and O–H groups in total. The van der Waals surface area contributed by atoms with E-state index >= 15 is 0 Å². The van der Waals surface area contributed by atoms with E-state index in [1.54, 1.807) is 0 Å². The van der Waals surface area contributed by atoms with E-state index in [4.69, 9.17) is 11.8 Å². The van der Waals surface area contributed by atoms with E-state index in [-0.39, 0.29) is 0 Å². The highest BCUT2D eigenvalue weighted by Crippen LogP contribution is 2.12. The summed E-state index contributed by atoms with van der Waals surface area (Å²) in [4.78, 5) is 1.81. The van der Waals surface area contributed by atoms with Gasteiger partial charge in [0.05, 0.1) is 19.6 Å². The van der Waals surface area contributed by atoms with Crippen LogP contribution < -0.4 is 4.90 Å². The van der Waals surface area contributed by atoms with Crippen LogP contribution >= 0.6 is 0 Å². The SMILES string of the molecule is CCC1CC[NH+](CC)CC1.[C-]#N. The van der Waals surface area contributed by atoms with Crippen LogP contribution in [0.3, 0.4) is 0 Å². The Morgan fingerprint density at radius 1 is 1.25 bits per heavy atom. The minimum Gasteiger partial charge on any atom is -0.512 e. The van der Waals surface area contributed by atoms with Gasteiger partial charge in [-0.25, -0.2) is 0 Å². The summed E-state index contributed by atoms with van der Waals surface area (Å²) < 4.78 is 0. The maximum Gasteiger partial charge on any atom is 0.0773 e. The van der Waals surface area contributed by atoms with Crippen molar-refractivity contribution >= 4 is 0 Å². The van der Waals surface area contributed by atoms with Crippen LogP contribution in [0.1, 0.15) is 33.1 Å². The van der Waals surface area contributed by atoms with Gasteiger partial charge in [-0.1, -0.05) is 13.3 Å². The molecule has 0 aromatic carbocycles. The zero-order valence-corrected chi connectivity index (χ0v) is 8.27. The van der Waals surface area contributed by atoms with Crippen LogP contribution in [-0.4, -0.2) is 19.6 Å². The molecule has 1 aliphatic heterocycles. The van der Waals surface area contributed by atoms with Gasteiger partial charge in [-0.15, -0.1) is 0 Å². The van der Waals surface area contributed by atoms with Crippen LogP contribution in [0.15, 0.2) is 0 Å². The standard InChI is InChI=1S/C9H19N.CN/c1-3-9-5-7-10(4-2)8-6-9;1-2/h9H,3-8H2,1-2H3;/q;-1/p+1. The van der Waals surface area contributed by atoms with Crippen molar-refractivity contribution in [2.45, 2.75) is 33.1 Å². The van der Waals surface area contributed by atoms with Crippen molar-refractivity contribution in [1.29, 1.82) is 5.26 Å². The summed E-state index contributed by atoms with van der Waals surface area (Å²) >= 11 is 0. The predicted octanol–water partition coefficient (Wildman–Crippen LogP) is 0.808. The quantitative estimate of drug-likeness (QED) is 0.607. The molecule has 2 nitrogen and oxygen atoms in total. The first-order valence-electron chi connectivity index (χ1n) is 4.92. The predicted molar refractivity (Wildman–Crippen MR) is 49.2 cm³/mol. The summed E-state index contributed by atoms with van der Waals surface area (Å²) in [6.45, 7) is 13.5. The van der Waals surface area contributed by atoms with Gasteiger partial charge in [-0.2, -0.15) is 0 Å². The first-order chi connectivity index (χ1) is 5.86.